The molecule has 0 unspecified atom stereocenters. The molecule has 3 nitrogen and oxygen atoms in total. The Balaban J connectivity index is 1.95. The van der Waals surface area contributed by atoms with Crippen LogP contribution in [0.5, 0.6) is 0 Å². The largest absolute Gasteiger partial charge is 0.453 e. The Morgan fingerprint density at radius 2 is 2.50 bits per heavy atom. The highest BCUT2D eigenvalue weighted by atomic mass is 79.9. The summed E-state index contributed by atoms with van der Waals surface area (Å²) in [5, 5.41) is 3.37. The first-order valence-electron chi connectivity index (χ1n) is 4.94. The minimum atomic E-state index is 0.590. The molecule has 1 saturated heterocycles. The lowest BCUT2D eigenvalue weighted by Crippen LogP contribution is -2.49. The van der Waals surface area contributed by atoms with Crippen LogP contribution in [-0.2, 0) is 6.54 Å². The Hall–Kier alpha value is -0.320. The smallest absolute Gasteiger partial charge is 0.169 e. The van der Waals surface area contributed by atoms with Gasteiger partial charge in [0.15, 0.2) is 4.67 Å². The van der Waals surface area contributed by atoms with Gasteiger partial charge in [0.05, 0.1) is 6.54 Å². The van der Waals surface area contributed by atoms with Gasteiger partial charge in [0.2, 0.25) is 0 Å². The van der Waals surface area contributed by atoms with Crippen LogP contribution in [0, 0.1) is 0 Å². The Labute approximate surface area is 92.6 Å². The van der Waals surface area contributed by atoms with Crippen molar-refractivity contribution in [3.63, 3.8) is 0 Å². The fraction of sp³-hybridized carbons (Fsp3) is 0.600. The van der Waals surface area contributed by atoms with Crippen LogP contribution in [0.25, 0.3) is 0 Å². The Morgan fingerprint density at radius 3 is 3.14 bits per heavy atom. The van der Waals surface area contributed by atoms with Crippen LogP contribution < -0.4 is 5.32 Å². The van der Waals surface area contributed by atoms with Gasteiger partial charge in [0.1, 0.15) is 5.76 Å². The van der Waals surface area contributed by atoms with E-state index >= 15 is 0 Å². The van der Waals surface area contributed by atoms with E-state index in [4.69, 9.17) is 4.42 Å². The number of piperazine rings is 1. The topological polar surface area (TPSA) is 28.4 Å². The van der Waals surface area contributed by atoms with Gasteiger partial charge >= 0.3 is 0 Å². The molecular weight excluding hydrogens is 244 g/mol. The molecule has 1 N–H and O–H groups in total. The Bertz CT molecular complexity index is 300. The van der Waals surface area contributed by atoms with Crippen molar-refractivity contribution >= 4 is 15.9 Å². The summed E-state index contributed by atoms with van der Waals surface area (Å²) in [6.45, 7) is 6.40. The van der Waals surface area contributed by atoms with Gasteiger partial charge in [-0.15, -0.1) is 0 Å². The number of hydrogen-bond acceptors (Lipinski definition) is 3. The molecular formula is C10H15BrN2O. The maximum Gasteiger partial charge on any atom is 0.169 e. The summed E-state index contributed by atoms with van der Waals surface area (Å²) < 4.78 is 6.30. The first-order chi connectivity index (χ1) is 6.75. The molecule has 0 spiro atoms. The molecule has 0 aliphatic carbocycles. The van der Waals surface area contributed by atoms with Gasteiger partial charge in [-0.05, 0) is 35.0 Å². The predicted molar refractivity (Wildman–Crippen MR) is 59.1 cm³/mol. The van der Waals surface area contributed by atoms with Crippen LogP contribution >= 0.6 is 15.9 Å². The molecule has 2 rings (SSSR count). The zero-order valence-electron chi connectivity index (χ0n) is 8.29. The third-order valence-electron chi connectivity index (χ3n) is 2.63. The first kappa shape index (κ1) is 10.2. The molecule has 1 aromatic heterocycles. The average Bonchev–Trinajstić information content (AvgIpc) is 2.56. The van der Waals surface area contributed by atoms with E-state index in [1.165, 1.54) is 0 Å². The minimum absolute atomic E-state index is 0.590. The second-order valence-corrected chi connectivity index (χ2v) is 4.51. The molecule has 0 bridgehead atoms. The van der Waals surface area contributed by atoms with Gasteiger partial charge in [-0.25, -0.2) is 0 Å². The van der Waals surface area contributed by atoms with Crippen molar-refractivity contribution in [2.24, 2.45) is 0 Å². The number of nitrogens with zero attached hydrogens (tertiary/aromatic N) is 1. The fourth-order valence-electron chi connectivity index (χ4n) is 1.75. The minimum Gasteiger partial charge on any atom is -0.453 e. The number of nitrogens with one attached hydrogen (secondary N) is 1. The second kappa shape index (κ2) is 4.47. The summed E-state index contributed by atoms with van der Waals surface area (Å²) in [5.41, 5.74) is 0. The number of hydrogen-bond donors (Lipinski definition) is 1. The van der Waals surface area contributed by atoms with Crippen molar-refractivity contribution in [2.45, 2.75) is 19.5 Å². The lowest BCUT2D eigenvalue weighted by Gasteiger charge is -2.33. The first-order valence-corrected chi connectivity index (χ1v) is 5.74. The van der Waals surface area contributed by atoms with Crippen molar-refractivity contribution < 1.29 is 4.42 Å². The molecule has 1 aliphatic heterocycles. The summed E-state index contributed by atoms with van der Waals surface area (Å²) >= 11 is 3.31. The van der Waals surface area contributed by atoms with Crippen LogP contribution in [0.2, 0.25) is 0 Å². The molecule has 0 saturated carbocycles. The van der Waals surface area contributed by atoms with E-state index in [1.807, 2.05) is 12.1 Å². The van der Waals surface area contributed by atoms with Crippen LogP contribution in [0.3, 0.4) is 0 Å². The summed E-state index contributed by atoms with van der Waals surface area (Å²) in [4.78, 5) is 2.43. The Morgan fingerprint density at radius 1 is 1.64 bits per heavy atom. The normalized spacial score (nSPS) is 24.0. The van der Waals surface area contributed by atoms with Gasteiger partial charge in [0, 0.05) is 25.7 Å². The fourth-order valence-corrected chi connectivity index (χ4v) is 2.09. The van der Waals surface area contributed by atoms with E-state index in [2.05, 4.69) is 33.1 Å². The zero-order chi connectivity index (χ0) is 9.97. The van der Waals surface area contributed by atoms with E-state index in [0.29, 0.717) is 6.04 Å². The monoisotopic (exact) mass is 258 g/mol. The summed E-state index contributed by atoms with van der Waals surface area (Å²) in [7, 11) is 0. The number of rotatable bonds is 2. The van der Waals surface area contributed by atoms with Crippen molar-refractivity contribution in [2.75, 3.05) is 19.6 Å². The molecule has 4 heteroatoms. The average molecular weight is 259 g/mol. The maximum atomic E-state index is 5.49. The van der Waals surface area contributed by atoms with Gasteiger partial charge < -0.3 is 9.73 Å². The van der Waals surface area contributed by atoms with Gasteiger partial charge in [-0.3, -0.25) is 4.90 Å². The van der Waals surface area contributed by atoms with Gasteiger partial charge in [-0.2, -0.15) is 0 Å². The highest BCUT2D eigenvalue weighted by molar-refractivity contribution is 9.10. The zero-order valence-corrected chi connectivity index (χ0v) is 9.88. The van der Waals surface area contributed by atoms with E-state index in [1.54, 1.807) is 0 Å². The summed E-state index contributed by atoms with van der Waals surface area (Å²) in [6.07, 6.45) is 0. The summed E-state index contributed by atoms with van der Waals surface area (Å²) in [5.74, 6) is 1.03. The standard InChI is InChI=1S/C10H15BrN2O/c1-8-6-12-4-5-13(8)7-9-2-3-10(11)14-9/h2-3,8,12H,4-7H2,1H3/t8-/m1/s1. The molecule has 1 atom stereocenters. The van der Waals surface area contributed by atoms with Gasteiger partial charge in [0.25, 0.3) is 0 Å². The third-order valence-corrected chi connectivity index (χ3v) is 3.05. The van der Waals surface area contributed by atoms with Crippen molar-refractivity contribution in [3.05, 3.63) is 22.6 Å². The van der Waals surface area contributed by atoms with E-state index in [-0.39, 0.29) is 0 Å². The number of halogens is 1. The van der Waals surface area contributed by atoms with Crippen molar-refractivity contribution in [1.82, 2.24) is 10.2 Å². The number of furan rings is 1. The molecule has 78 valence electrons. The van der Waals surface area contributed by atoms with Crippen LogP contribution in [-0.4, -0.2) is 30.6 Å². The van der Waals surface area contributed by atoms with Crippen LogP contribution in [0.15, 0.2) is 21.2 Å². The summed E-state index contributed by atoms with van der Waals surface area (Å²) in [6, 6.07) is 4.56. The molecule has 1 fully saturated rings. The second-order valence-electron chi connectivity index (χ2n) is 3.73. The molecule has 2 heterocycles. The van der Waals surface area contributed by atoms with Crippen LogP contribution in [0.4, 0.5) is 0 Å². The van der Waals surface area contributed by atoms with E-state index < -0.39 is 0 Å². The molecule has 0 amide bonds. The molecule has 0 aromatic carbocycles. The highest BCUT2D eigenvalue weighted by Crippen LogP contribution is 2.17. The Kier molecular flexibility index (Phi) is 3.26. The maximum absolute atomic E-state index is 5.49. The lowest BCUT2D eigenvalue weighted by molar-refractivity contribution is 0.153. The lowest BCUT2D eigenvalue weighted by atomic mass is 10.2. The molecule has 0 radical (unpaired) electrons. The third kappa shape index (κ3) is 2.38. The van der Waals surface area contributed by atoms with E-state index in [0.717, 1.165) is 36.6 Å². The molecule has 1 aliphatic rings. The predicted octanol–water partition coefficient (Wildman–Crippen LogP) is 1.84. The van der Waals surface area contributed by atoms with Crippen LogP contribution in [0.1, 0.15) is 12.7 Å². The van der Waals surface area contributed by atoms with Gasteiger partial charge in [-0.1, -0.05) is 0 Å². The molecule has 14 heavy (non-hydrogen) atoms. The highest BCUT2D eigenvalue weighted by Gasteiger charge is 2.18. The SMILES string of the molecule is C[C@@H]1CNCCN1Cc1ccc(Br)o1. The van der Waals surface area contributed by atoms with Crippen molar-refractivity contribution in [1.29, 1.82) is 0 Å². The van der Waals surface area contributed by atoms with E-state index in [9.17, 15) is 0 Å². The van der Waals surface area contributed by atoms with Crippen molar-refractivity contribution in [3.8, 4) is 0 Å². The molecule has 1 aromatic rings. The quantitative estimate of drug-likeness (QED) is 0.878.